The number of anilines is 1. The van der Waals surface area contributed by atoms with Gasteiger partial charge in [0, 0.05) is 10.9 Å². The standard InChI is InChI=1S/C18H13N3O2S/c1-10-11-6-2-3-7-12(11)19-16(22)15(10)17(23)21-18-20-13-8-4-5-9-14(13)24-18/h2-9H,1H3,(H,19,22)(H,20,21,23). The van der Waals surface area contributed by atoms with Crippen LogP contribution in [0.5, 0.6) is 0 Å². The summed E-state index contributed by atoms with van der Waals surface area (Å²) in [4.78, 5) is 32.1. The lowest BCUT2D eigenvalue weighted by Gasteiger charge is -2.08. The number of nitrogens with one attached hydrogen (secondary N) is 2. The number of para-hydroxylation sites is 2. The summed E-state index contributed by atoms with van der Waals surface area (Å²) < 4.78 is 0.983. The van der Waals surface area contributed by atoms with Gasteiger partial charge in [-0.25, -0.2) is 4.98 Å². The van der Waals surface area contributed by atoms with Gasteiger partial charge in [-0.1, -0.05) is 41.7 Å². The van der Waals surface area contributed by atoms with Crippen molar-refractivity contribution in [3.63, 3.8) is 0 Å². The average molecular weight is 335 g/mol. The molecule has 2 heterocycles. The zero-order valence-corrected chi connectivity index (χ0v) is 13.6. The highest BCUT2D eigenvalue weighted by molar-refractivity contribution is 7.22. The first kappa shape index (κ1) is 14.6. The molecule has 0 spiro atoms. The molecule has 118 valence electrons. The Bertz CT molecular complexity index is 1110. The van der Waals surface area contributed by atoms with Crippen molar-refractivity contribution in [2.45, 2.75) is 6.92 Å². The van der Waals surface area contributed by atoms with E-state index in [1.54, 1.807) is 6.92 Å². The number of thiazole rings is 1. The van der Waals surface area contributed by atoms with Gasteiger partial charge in [0.15, 0.2) is 5.13 Å². The number of amides is 1. The van der Waals surface area contributed by atoms with E-state index in [-0.39, 0.29) is 5.56 Å². The predicted octanol–water partition coefficient (Wildman–Crippen LogP) is 3.70. The monoisotopic (exact) mass is 335 g/mol. The Kier molecular flexibility index (Phi) is 3.39. The van der Waals surface area contributed by atoms with Gasteiger partial charge in [-0.05, 0) is 30.7 Å². The van der Waals surface area contributed by atoms with E-state index in [1.165, 1.54) is 11.3 Å². The second-order valence-electron chi connectivity index (χ2n) is 5.44. The van der Waals surface area contributed by atoms with Crippen molar-refractivity contribution >= 4 is 43.5 Å². The number of aromatic nitrogens is 2. The van der Waals surface area contributed by atoms with E-state index in [0.29, 0.717) is 10.7 Å². The van der Waals surface area contributed by atoms with Crippen LogP contribution in [0.4, 0.5) is 5.13 Å². The summed E-state index contributed by atoms with van der Waals surface area (Å²) >= 11 is 1.38. The summed E-state index contributed by atoms with van der Waals surface area (Å²) in [6, 6.07) is 15.1. The van der Waals surface area contributed by atoms with Crippen LogP contribution in [-0.4, -0.2) is 15.9 Å². The summed E-state index contributed by atoms with van der Waals surface area (Å²) in [5.41, 5.74) is 1.92. The van der Waals surface area contributed by atoms with Crippen LogP contribution in [0.2, 0.25) is 0 Å². The Labute approximate surface area is 141 Å². The normalized spacial score (nSPS) is 11.0. The SMILES string of the molecule is Cc1c(C(=O)Nc2nc3ccccc3s2)c(=O)[nH]c2ccccc12. The third kappa shape index (κ3) is 2.37. The van der Waals surface area contributed by atoms with Gasteiger partial charge in [-0.15, -0.1) is 0 Å². The fourth-order valence-corrected chi connectivity index (χ4v) is 3.63. The lowest BCUT2D eigenvalue weighted by molar-refractivity contribution is 0.102. The molecule has 2 N–H and O–H groups in total. The van der Waals surface area contributed by atoms with E-state index in [9.17, 15) is 9.59 Å². The first-order valence-electron chi connectivity index (χ1n) is 7.42. The summed E-state index contributed by atoms with van der Waals surface area (Å²) in [5.74, 6) is -0.446. The highest BCUT2D eigenvalue weighted by atomic mass is 32.1. The molecule has 4 aromatic rings. The maximum Gasteiger partial charge on any atom is 0.263 e. The second-order valence-corrected chi connectivity index (χ2v) is 6.47. The van der Waals surface area contributed by atoms with Crippen LogP contribution < -0.4 is 10.9 Å². The molecule has 5 nitrogen and oxygen atoms in total. The Morgan fingerprint density at radius 2 is 1.88 bits per heavy atom. The van der Waals surface area contributed by atoms with Gasteiger partial charge in [-0.2, -0.15) is 0 Å². The molecule has 0 bridgehead atoms. The molecule has 24 heavy (non-hydrogen) atoms. The number of hydrogen-bond acceptors (Lipinski definition) is 4. The largest absolute Gasteiger partial charge is 0.321 e. The predicted molar refractivity (Wildman–Crippen MR) is 96.9 cm³/mol. The molecule has 2 aromatic heterocycles. The highest BCUT2D eigenvalue weighted by Crippen LogP contribution is 2.26. The van der Waals surface area contributed by atoms with Crippen LogP contribution in [0.1, 0.15) is 15.9 Å². The third-order valence-electron chi connectivity index (χ3n) is 3.92. The molecule has 0 saturated heterocycles. The van der Waals surface area contributed by atoms with E-state index < -0.39 is 11.5 Å². The zero-order chi connectivity index (χ0) is 16.7. The summed E-state index contributed by atoms with van der Waals surface area (Å²) in [5, 5.41) is 4.08. The molecule has 0 aliphatic carbocycles. The number of H-pyrrole nitrogens is 1. The van der Waals surface area contributed by atoms with Gasteiger partial charge in [0.05, 0.1) is 10.2 Å². The lowest BCUT2D eigenvalue weighted by Crippen LogP contribution is -2.24. The summed E-state index contributed by atoms with van der Waals surface area (Å²) in [6.45, 7) is 1.78. The molecule has 0 unspecified atom stereocenters. The number of aromatic amines is 1. The zero-order valence-electron chi connectivity index (χ0n) is 12.8. The minimum Gasteiger partial charge on any atom is -0.321 e. The molecule has 0 aliphatic rings. The van der Waals surface area contributed by atoms with E-state index in [1.807, 2.05) is 48.5 Å². The number of benzene rings is 2. The Morgan fingerprint density at radius 3 is 2.71 bits per heavy atom. The number of nitrogens with zero attached hydrogens (tertiary/aromatic N) is 1. The number of pyridine rings is 1. The molecule has 0 radical (unpaired) electrons. The first-order valence-corrected chi connectivity index (χ1v) is 8.23. The quantitative estimate of drug-likeness (QED) is 0.586. The minimum absolute atomic E-state index is 0.118. The van der Waals surface area contributed by atoms with Gasteiger partial charge in [0.25, 0.3) is 11.5 Å². The molecular formula is C18H13N3O2S. The maximum atomic E-state index is 12.6. The van der Waals surface area contributed by atoms with Crippen molar-refractivity contribution in [1.82, 2.24) is 9.97 Å². The fraction of sp³-hybridized carbons (Fsp3) is 0.0556. The topological polar surface area (TPSA) is 74.8 Å². The second kappa shape index (κ2) is 5.58. The van der Waals surface area contributed by atoms with Gasteiger partial charge < -0.3 is 4.98 Å². The number of aryl methyl sites for hydroxylation is 1. The average Bonchev–Trinajstić information content (AvgIpc) is 2.97. The minimum atomic E-state index is -0.446. The van der Waals surface area contributed by atoms with Gasteiger partial charge in [0.2, 0.25) is 0 Å². The molecular weight excluding hydrogens is 322 g/mol. The van der Waals surface area contributed by atoms with Crippen LogP contribution >= 0.6 is 11.3 Å². The van der Waals surface area contributed by atoms with Gasteiger partial charge in [0.1, 0.15) is 5.56 Å². The Morgan fingerprint density at radius 1 is 1.12 bits per heavy atom. The smallest absolute Gasteiger partial charge is 0.263 e. The fourth-order valence-electron chi connectivity index (χ4n) is 2.77. The number of rotatable bonds is 2. The van der Waals surface area contributed by atoms with Crippen LogP contribution in [0.3, 0.4) is 0 Å². The molecule has 0 aliphatic heterocycles. The molecule has 6 heteroatoms. The van der Waals surface area contributed by atoms with E-state index in [4.69, 9.17) is 0 Å². The van der Waals surface area contributed by atoms with Crippen molar-refractivity contribution < 1.29 is 4.79 Å². The number of carbonyl (C=O) groups excluding carboxylic acids is 1. The highest BCUT2D eigenvalue weighted by Gasteiger charge is 2.18. The van der Waals surface area contributed by atoms with Crippen molar-refractivity contribution in [3.05, 3.63) is 70.0 Å². The van der Waals surface area contributed by atoms with Crippen molar-refractivity contribution in [3.8, 4) is 0 Å². The number of hydrogen-bond donors (Lipinski definition) is 2. The van der Waals surface area contributed by atoms with Crippen LogP contribution in [0, 0.1) is 6.92 Å². The van der Waals surface area contributed by atoms with Crippen LogP contribution in [-0.2, 0) is 0 Å². The molecule has 2 aromatic carbocycles. The third-order valence-corrected chi connectivity index (χ3v) is 4.87. The lowest BCUT2D eigenvalue weighted by atomic mass is 10.0. The molecule has 1 amide bonds. The van der Waals surface area contributed by atoms with Crippen molar-refractivity contribution in [2.75, 3.05) is 5.32 Å². The van der Waals surface area contributed by atoms with E-state index >= 15 is 0 Å². The molecule has 0 atom stereocenters. The summed E-state index contributed by atoms with van der Waals surface area (Å²) in [6.07, 6.45) is 0. The van der Waals surface area contributed by atoms with E-state index in [0.717, 1.165) is 21.1 Å². The number of fused-ring (bicyclic) bond motifs is 2. The van der Waals surface area contributed by atoms with E-state index in [2.05, 4.69) is 15.3 Å². The first-order chi connectivity index (χ1) is 11.6. The van der Waals surface area contributed by atoms with Crippen molar-refractivity contribution in [2.24, 2.45) is 0 Å². The Balaban J connectivity index is 1.76. The molecule has 0 fully saturated rings. The van der Waals surface area contributed by atoms with Gasteiger partial charge >= 0.3 is 0 Å². The van der Waals surface area contributed by atoms with Gasteiger partial charge in [-0.3, -0.25) is 14.9 Å². The maximum absolute atomic E-state index is 12.6. The molecule has 0 saturated carbocycles. The van der Waals surface area contributed by atoms with Crippen LogP contribution in [0.25, 0.3) is 21.1 Å². The number of carbonyl (C=O) groups is 1. The van der Waals surface area contributed by atoms with Crippen LogP contribution in [0.15, 0.2) is 53.3 Å². The summed E-state index contributed by atoms with van der Waals surface area (Å²) in [7, 11) is 0. The Hall–Kier alpha value is -2.99. The van der Waals surface area contributed by atoms with Crippen molar-refractivity contribution in [1.29, 1.82) is 0 Å². The molecule has 4 rings (SSSR count).